The van der Waals surface area contributed by atoms with E-state index in [0.29, 0.717) is 19.0 Å². The SMILES string of the molecule is C=CCn1cc(CN=C(N)NC(C)C)nn1.I. The topological polar surface area (TPSA) is 81.1 Å². The van der Waals surface area contributed by atoms with Crippen molar-refractivity contribution in [2.75, 3.05) is 0 Å². The summed E-state index contributed by atoms with van der Waals surface area (Å²) in [5.41, 5.74) is 6.44. The predicted octanol–water partition coefficient (Wildman–Crippen LogP) is 0.895. The van der Waals surface area contributed by atoms with E-state index in [9.17, 15) is 0 Å². The van der Waals surface area contributed by atoms with Gasteiger partial charge in [-0.1, -0.05) is 11.3 Å². The van der Waals surface area contributed by atoms with E-state index in [1.165, 1.54) is 0 Å². The first-order valence-corrected chi connectivity index (χ1v) is 5.18. The second kappa shape index (κ2) is 8.04. The van der Waals surface area contributed by atoms with Crippen molar-refractivity contribution in [3.05, 3.63) is 24.5 Å². The Labute approximate surface area is 118 Å². The van der Waals surface area contributed by atoms with Gasteiger partial charge in [-0.2, -0.15) is 0 Å². The molecule has 3 N–H and O–H groups in total. The van der Waals surface area contributed by atoms with Crippen LogP contribution >= 0.6 is 24.0 Å². The molecule has 0 saturated carbocycles. The summed E-state index contributed by atoms with van der Waals surface area (Å²) in [5.74, 6) is 0.424. The normalized spacial score (nSPS) is 11.1. The van der Waals surface area contributed by atoms with Gasteiger partial charge in [-0.15, -0.1) is 35.7 Å². The average Bonchev–Trinajstić information content (AvgIpc) is 2.62. The minimum absolute atomic E-state index is 0. The highest BCUT2D eigenvalue weighted by atomic mass is 127. The lowest BCUT2D eigenvalue weighted by Gasteiger charge is -2.07. The van der Waals surface area contributed by atoms with E-state index in [0.717, 1.165) is 5.69 Å². The monoisotopic (exact) mass is 350 g/mol. The molecule has 1 aromatic heterocycles. The van der Waals surface area contributed by atoms with Crippen molar-refractivity contribution in [1.29, 1.82) is 0 Å². The summed E-state index contributed by atoms with van der Waals surface area (Å²) in [6, 6.07) is 0.278. The molecule has 0 fully saturated rings. The molecule has 0 atom stereocenters. The second-order valence-electron chi connectivity index (χ2n) is 3.72. The fraction of sp³-hybridized carbons (Fsp3) is 0.500. The number of guanidine groups is 1. The van der Waals surface area contributed by atoms with Gasteiger partial charge >= 0.3 is 0 Å². The maximum absolute atomic E-state index is 5.66. The van der Waals surface area contributed by atoms with Gasteiger partial charge < -0.3 is 11.1 Å². The van der Waals surface area contributed by atoms with Crippen LogP contribution in [0.2, 0.25) is 0 Å². The summed E-state index contributed by atoms with van der Waals surface area (Å²) in [6.07, 6.45) is 3.59. The van der Waals surface area contributed by atoms with Crippen LogP contribution in [-0.4, -0.2) is 27.0 Å². The van der Waals surface area contributed by atoms with E-state index in [-0.39, 0.29) is 30.0 Å². The molecule has 1 rings (SSSR count). The fourth-order valence-electron chi connectivity index (χ4n) is 1.14. The van der Waals surface area contributed by atoms with Crippen LogP contribution in [0.3, 0.4) is 0 Å². The van der Waals surface area contributed by atoms with Crippen LogP contribution in [0.5, 0.6) is 0 Å². The number of nitrogens with one attached hydrogen (secondary N) is 1. The number of aliphatic imine (C=N–C) groups is 1. The number of allylic oxidation sites excluding steroid dienone is 1. The van der Waals surface area contributed by atoms with Gasteiger partial charge in [0.2, 0.25) is 0 Å². The number of nitrogens with zero attached hydrogens (tertiary/aromatic N) is 4. The molecule has 0 radical (unpaired) electrons. The molecule has 96 valence electrons. The number of rotatable bonds is 5. The van der Waals surface area contributed by atoms with Gasteiger partial charge in [0.15, 0.2) is 5.96 Å². The minimum Gasteiger partial charge on any atom is -0.370 e. The van der Waals surface area contributed by atoms with E-state index >= 15 is 0 Å². The van der Waals surface area contributed by atoms with Gasteiger partial charge in [-0.05, 0) is 13.8 Å². The Morgan fingerprint density at radius 1 is 1.71 bits per heavy atom. The second-order valence-corrected chi connectivity index (χ2v) is 3.72. The fourth-order valence-corrected chi connectivity index (χ4v) is 1.14. The smallest absolute Gasteiger partial charge is 0.189 e. The molecule has 0 aliphatic carbocycles. The third-order valence-corrected chi connectivity index (χ3v) is 1.75. The van der Waals surface area contributed by atoms with E-state index in [1.54, 1.807) is 10.8 Å². The molecule has 6 nitrogen and oxygen atoms in total. The number of hydrogen-bond donors (Lipinski definition) is 2. The van der Waals surface area contributed by atoms with Crippen LogP contribution in [0, 0.1) is 0 Å². The molecular weight excluding hydrogens is 331 g/mol. The summed E-state index contributed by atoms with van der Waals surface area (Å²) in [6.45, 7) is 8.71. The maximum Gasteiger partial charge on any atom is 0.189 e. The van der Waals surface area contributed by atoms with Crippen LogP contribution < -0.4 is 11.1 Å². The summed E-state index contributed by atoms with van der Waals surface area (Å²) in [5, 5.41) is 10.9. The molecule has 0 aromatic carbocycles. The standard InChI is InChI=1S/C10H18N6.HI/c1-4-5-16-7-9(14-15-16)6-12-10(11)13-8(2)3;/h4,7-8H,1,5-6H2,2-3H3,(H3,11,12,13);1H. The summed E-state index contributed by atoms with van der Waals surface area (Å²) in [4.78, 5) is 4.15. The Balaban J connectivity index is 0.00000256. The third kappa shape index (κ3) is 6.25. The molecule has 0 aliphatic heterocycles. The zero-order valence-electron chi connectivity index (χ0n) is 10.1. The van der Waals surface area contributed by atoms with Crippen LogP contribution in [0.1, 0.15) is 19.5 Å². The van der Waals surface area contributed by atoms with Crippen molar-refractivity contribution in [2.45, 2.75) is 33.0 Å². The number of nitrogens with two attached hydrogens (primary N) is 1. The van der Waals surface area contributed by atoms with Gasteiger partial charge in [-0.3, -0.25) is 0 Å². The molecule has 7 heteroatoms. The number of halogens is 1. The molecule has 0 bridgehead atoms. The van der Waals surface area contributed by atoms with Gasteiger partial charge in [-0.25, -0.2) is 9.67 Å². The van der Waals surface area contributed by atoms with Gasteiger partial charge in [0.25, 0.3) is 0 Å². The van der Waals surface area contributed by atoms with Crippen molar-refractivity contribution < 1.29 is 0 Å². The van der Waals surface area contributed by atoms with Gasteiger partial charge in [0.05, 0.1) is 19.3 Å². The average molecular weight is 350 g/mol. The van der Waals surface area contributed by atoms with Crippen molar-refractivity contribution in [3.8, 4) is 0 Å². The largest absolute Gasteiger partial charge is 0.370 e. The molecule has 0 aliphatic rings. The number of hydrogen-bond acceptors (Lipinski definition) is 3. The van der Waals surface area contributed by atoms with Crippen LogP contribution in [0.25, 0.3) is 0 Å². The molecule has 0 saturated heterocycles. The molecule has 1 heterocycles. The maximum atomic E-state index is 5.66. The molecule has 17 heavy (non-hydrogen) atoms. The first kappa shape index (κ1) is 15.9. The highest BCUT2D eigenvalue weighted by Crippen LogP contribution is 1.95. The molecule has 0 spiro atoms. The lowest BCUT2D eigenvalue weighted by Crippen LogP contribution is -2.36. The summed E-state index contributed by atoms with van der Waals surface area (Å²) < 4.78 is 1.70. The Morgan fingerprint density at radius 2 is 2.41 bits per heavy atom. The van der Waals surface area contributed by atoms with Gasteiger partial charge in [0, 0.05) is 6.04 Å². The van der Waals surface area contributed by atoms with Gasteiger partial charge in [0.1, 0.15) is 5.69 Å². The zero-order valence-corrected chi connectivity index (χ0v) is 12.5. The summed E-state index contributed by atoms with van der Waals surface area (Å²) >= 11 is 0. The zero-order chi connectivity index (χ0) is 12.0. The summed E-state index contributed by atoms with van der Waals surface area (Å²) in [7, 11) is 0. The van der Waals surface area contributed by atoms with E-state index in [4.69, 9.17) is 5.73 Å². The number of aromatic nitrogens is 3. The van der Waals surface area contributed by atoms with Crippen molar-refractivity contribution in [1.82, 2.24) is 20.3 Å². The van der Waals surface area contributed by atoms with Crippen LogP contribution in [0.4, 0.5) is 0 Å². The predicted molar refractivity (Wildman–Crippen MR) is 79.2 cm³/mol. The minimum atomic E-state index is 0. The highest BCUT2D eigenvalue weighted by molar-refractivity contribution is 14.0. The van der Waals surface area contributed by atoms with E-state index < -0.39 is 0 Å². The Kier molecular flexibility index (Phi) is 7.51. The van der Waals surface area contributed by atoms with Crippen molar-refractivity contribution in [2.24, 2.45) is 10.7 Å². The first-order valence-electron chi connectivity index (χ1n) is 5.18. The lowest BCUT2D eigenvalue weighted by molar-refractivity contribution is 0.662. The molecule has 0 unspecified atom stereocenters. The Hall–Kier alpha value is -1.12. The van der Waals surface area contributed by atoms with E-state index in [2.05, 4.69) is 27.2 Å². The molecule has 0 amide bonds. The molecular formula is C10H19IN6. The van der Waals surface area contributed by atoms with Crippen molar-refractivity contribution >= 4 is 29.9 Å². The van der Waals surface area contributed by atoms with E-state index in [1.807, 2.05) is 20.0 Å². The Morgan fingerprint density at radius 3 is 3.00 bits per heavy atom. The van der Waals surface area contributed by atoms with Crippen LogP contribution in [-0.2, 0) is 13.1 Å². The Bertz CT molecular complexity index is 371. The van der Waals surface area contributed by atoms with Crippen molar-refractivity contribution in [3.63, 3.8) is 0 Å². The van der Waals surface area contributed by atoms with Crippen LogP contribution in [0.15, 0.2) is 23.8 Å². The lowest BCUT2D eigenvalue weighted by atomic mass is 10.4. The molecule has 1 aromatic rings. The third-order valence-electron chi connectivity index (χ3n) is 1.75. The first-order chi connectivity index (χ1) is 7.61. The highest BCUT2D eigenvalue weighted by Gasteiger charge is 1.99. The quantitative estimate of drug-likeness (QED) is 0.358.